The standard InChI is InChI=1S/C18H13BrN4OS.H2O/c1-23-15(11-6-8-12(19)9-7-11)10-25-18(23)22-21-16-13-4-2-3-5-14(13)20-17(16)24;/h2-10H,1H3,(H,20,21,24);1H2/b22-18-;. The number of thiazole rings is 1. The summed E-state index contributed by atoms with van der Waals surface area (Å²) in [6.45, 7) is 0. The molecule has 3 N–H and O–H groups in total. The van der Waals surface area contributed by atoms with Crippen LogP contribution in [0.4, 0.5) is 5.69 Å². The molecule has 4 rings (SSSR count). The predicted octanol–water partition coefficient (Wildman–Crippen LogP) is 2.95. The molecule has 3 aromatic rings. The molecule has 0 saturated heterocycles. The van der Waals surface area contributed by atoms with Gasteiger partial charge in [0, 0.05) is 22.5 Å². The molecular weight excluding hydrogens is 416 g/mol. The lowest BCUT2D eigenvalue weighted by Gasteiger charge is -2.02. The van der Waals surface area contributed by atoms with Gasteiger partial charge in [-0.25, -0.2) is 0 Å². The molecule has 2 heterocycles. The number of hydrogen-bond donors (Lipinski definition) is 1. The minimum absolute atomic E-state index is 0. The lowest BCUT2D eigenvalue weighted by molar-refractivity contribution is -0.110. The minimum Gasteiger partial charge on any atom is -0.412 e. The average Bonchev–Trinajstić information content (AvgIpc) is 3.13. The fourth-order valence-electron chi connectivity index (χ4n) is 2.64. The number of nitrogens with zero attached hydrogens (tertiary/aromatic N) is 3. The maximum absolute atomic E-state index is 12.1. The van der Waals surface area contributed by atoms with E-state index < -0.39 is 0 Å². The number of carbonyl (C=O) groups excluding carboxylic acids is 1. The second kappa shape index (κ2) is 7.36. The summed E-state index contributed by atoms with van der Waals surface area (Å²) < 4.78 is 3.01. The minimum atomic E-state index is -0.225. The quantitative estimate of drug-likeness (QED) is 0.621. The summed E-state index contributed by atoms with van der Waals surface area (Å²) in [6, 6.07) is 15.6. The summed E-state index contributed by atoms with van der Waals surface area (Å²) in [5.41, 5.74) is 4.04. The molecule has 0 atom stereocenters. The van der Waals surface area contributed by atoms with Gasteiger partial charge >= 0.3 is 0 Å². The van der Waals surface area contributed by atoms with Gasteiger partial charge < -0.3 is 15.4 Å². The number of halogens is 1. The Morgan fingerprint density at radius 2 is 1.81 bits per heavy atom. The fourth-order valence-corrected chi connectivity index (χ4v) is 3.76. The molecule has 26 heavy (non-hydrogen) atoms. The van der Waals surface area contributed by atoms with Crippen molar-refractivity contribution in [2.75, 3.05) is 5.32 Å². The number of fused-ring (bicyclic) bond motifs is 1. The van der Waals surface area contributed by atoms with Crippen LogP contribution in [-0.4, -0.2) is 21.7 Å². The Bertz CT molecular complexity index is 1070. The Kier molecular flexibility index (Phi) is 5.17. The van der Waals surface area contributed by atoms with Gasteiger partial charge in [-0.3, -0.25) is 4.79 Å². The van der Waals surface area contributed by atoms with E-state index in [0.29, 0.717) is 5.71 Å². The topological polar surface area (TPSA) is 90.2 Å². The van der Waals surface area contributed by atoms with E-state index in [1.54, 1.807) is 0 Å². The Morgan fingerprint density at radius 3 is 2.58 bits per heavy atom. The van der Waals surface area contributed by atoms with E-state index in [9.17, 15) is 4.79 Å². The maximum atomic E-state index is 12.1. The largest absolute Gasteiger partial charge is 0.412 e. The Labute approximate surface area is 162 Å². The summed E-state index contributed by atoms with van der Waals surface area (Å²) in [5.74, 6) is -0.225. The summed E-state index contributed by atoms with van der Waals surface area (Å²) in [6.07, 6.45) is 0. The van der Waals surface area contributed by atoms with Crippen LogP contribution < -0.4 is 10.1 Å². The predicted molar refractivity (Wildman–Crippen MR) is 107 cm³/mol. The molecule has 0 unspecified atom stereocenters. The van der Waals surface area contributed by atoms with Gasteiger partial charge in [0.1, 0.15) is 0 Å². The molecule has 2 aromatic carbocycles. The second-order valence-corrected chi connectivity index (χ2v) is 7.27. The van der Waals surface area contributed by atoms with E-state index in [2.05, 4.69) is 31.4 Å². The number of carbonyl (C=O) groups is 1. The van der Waals surface area contributed by atoms with E-state index in [0.717, 1.165) is 31.8 Å². The van der Waals surface area contributed by atoms with Crippen LogP contribution in [0.3, 0.4) is 0 Å². The highest BCUT2D eigenvalue weighted by Crippen LogP contribution is 2.23. The van der Waals surface area contributed by atoms with Gasteiger partial charge in [-0.1, -0.05) is 46.3 Å². The van der Waals surface area contributed by atoms with Gasteiger partial charge in [-0.15, -0.1) is 21.5 Å². The third-order valence-corrected chi connectivity index (χ3v) is 5.38. The Morgan fingerprint density at radius 1 is 1.08 bits per heavy atom. The lowest BCUT2D eigenvalue weighted by atomic mass is 10.1. The molecule has 0 saturated carbocycles. The van der Waals surface area contributed by atoms with Crippen molar-refractivity contribution < 1.29 is 10.3 Å². The van der Waals surface area contributed by atoms with Crippen molar-refractivity contribution in [3.63, 3.8) is 0 Å². The van der Waals surface area contributed by atoms with Crippen LogP contribution in [0.1, 0.15) is 5.56 Å². The van der Waals surface area contributed by atoms with E-state index in [-0.39, 0.29) is 11.4 Å². The molecule has 0 spiro atoms. The molecular formula is C18H15BrN4O2S. The van der Waals surface area contributed by atoms with Crippen molar-refractivity contribution in [1.82, 2.24) is 4.57 Å². The van der Waals surface area contributed by atoms with Crippen LogP contribution in [0.2, 0.25) is 0 Å². The second-order valence-electron chi connectivity index (χ2n) is 5.52. The Balaban J connectivity index is 0.00000196. The first-order valence-corrected chi connectivity index (χ1v) is 9.23. The highest BCUT2D eigenvalue weighted by Gasteiger charge is 2.25. The van der Waals surface area contributed by atoms with Crippen LogP contribution in [0.15, 0.2) is 68.6 Å². The third kappa shape index (κ3) is 3.26. The van der Waals surface area contributed by atoms with E-state index in [1.165, 1.54) is 11.3 Å². The highest BCUT2D eigenvalue weighted by molar-refractivity contribution is 9.10. The first-order valence-electron chi connectivity index (χ1n) is 7.56. The number of anilines is 1. The van der Waals surface area contributed by atoms with Gasteiger partial charge in [0.2, 0.25) is 4.80 Å². The normalized spacial score (nSPS) is 14.9. The number of hydrogen-bond acceptors (Lipinski definition) is 4. The average molecular weight is 431 g/mol. The zero-order chi connectivity index (χ0) is 17.4. The molecule has 0 radical (unpaired) electrons. The summed E-state index contributed by atoms with van der Waals surface area (Å²) in [4.78, 5) is 12.8. The number of para-hydroxylation sites is 1. The van der Waals surface area contributed by atoms with Crippen LogP contribution in [0.25, 0.3) is 11.3 Å². The van der Waals surface area contributed by atoms with Crippen molar-refractivity contribution in [2.45, 2.75) is 0 Å². The smallest absolute Gasteiger partial charge is 0.276 e. The van der Waals surface area contributed by atoms with Crippen molar-refractivity contribution in [1.29, 1.82) is 0 Å². The van der Waals surface area contributed by atoms with E-state index in [4.69, 9.17) is 0 Å². The Hall–Kier alpha value is -2.55. The lowest BCUT2D eigenvalue weighted by Crippen LogP contribution is -2.15. The number of benzene rings is 2. The van der Waals surface area contributed by atoms with E-state index in [1.807, 2.05) is 65.5 Å². The van der Waals surface area contributed by atoms with Crippen molar-refractivity contribution in [3.05, 3.63) is 68.7 Å². The SMILES string of the molecule is Cn1c(-c2ccc(Br)cc2)cs/c1=N\N=C1/C(=O)Nc2ccccc21.O. The first kappa shape index (κ1) is 18.2. The van der Waals surface area contributed by atoms with Gasteiger partial charge in [0.15, 0.2) is 5.71 Å². The van der Waals surface area contributed by atoms with Gasteiger partial charge in [-0.2, -0.15) is 0 Å². The number of rotatable bonds is 2. The fraction of sp³-hybridized carbons (Fsp3) is 0.0556. The van der Waals surface area contributed by atoms with Crippen LogP contribution in [-0.2, 0) is 11.8 Å². The number of amides is 1. The van der Waals surface area contributed by atoms with Gasteiger partial charge in [-0.05, 0) is 23.8 Å². The molecule has 1 aromatic heterocycles. The zero-order valence-electron chi connectivity index (χ0n) is 13.7. The van der Waals surface area contributed by atoms with Gasteiger partial charge in [0.25, 0.3) is 5.91 Å². The summed E-state index contributed by atoms with van der Waals surface area (Å²) >= 11 is 4.93. The molecule has 6 nitrogen and oxygen atoms in total. The molecule has 1 aliphatic heterocycles. The molecule has 132 valence electrons. The van der Waals surface area contributed by atoms with Crippen LogP contribution >= 0.6 is 27.3 Å². The maximum Gasteiger partial charge on any atom is 0.276 e. The number of aromatic nitrogens is 1. The summed E-state index contributed by atoms with van der Waals surface area (Å²) in [5, 5.41) is 13.3. The third-order valence-electron chi connectivity index (χ3n) is 3.95. The molecule has 0 fully saturated rings. The summed E-state index contributed by atoms with van der Waals surface area (Å²) in [7, 11) is 1.94. The van der Waals surface area contributed by atoms with Crippen LogP contribution in [0, 0.1) is 0 Å². The van der Waals surface area contributed by atoms with Crippen molar-refractivity contribution in [3.8, 4) is 11.3 Å². The molecule has 0 aliphatic carbocycles. The molecule has 1 amide bonds. The molecule has 0 bridgehead atoms. The van der Waals surface area contributed by atoms with Crippen molar-refractivity contribution in [2.24, 2.45) is 17.3 Å². The first-order chi connectivity index (χ1) is 12.1. The monoisotopic (exact) mass is 430 g/mol. The molecule has 8 heteroatoms. The van der Waals surface area contributed by atoms with Gasteiger partial charge in [0.05, 0.1) is 11.4 Å². The number of nitrogens with one attached hydrogen (secondary N) is 1. The molecule has 1 aliphatic rings. The zero-order valence-corrected chi connectivity index (χ0v) is 16.1. The van der Waals surface area contributed by atoms with Crippen LogP contribution in [0.5, 0.6) is 0 Å². The van der Waals surface area contributed by atoms with Crippen molar-refractivity contribution >= 4 is 44.6 Å². The van der Waals surface area contributed by atoms with E-state index >= 15 is 0 Å². The highest BCUT2D eigenvalue weighted by atomic mass is 79.9.